The highest BCUT2D eigenvalue weighted by atomic mass is 32.2. The van der Waals surface area contributed by atoms with Crippen molar-refractivity contribution in [1.82, 2.24) is 9.62 Å². The van der Waals surface area contributed by atoms with Crippen molar-refractivity contribution in [1.29, 1.82) is 0 Å². The topological polar surface area (TPSA) is 78.5 Å². The Labute approximate surface area is 201 Å². The minimum atomic E-state index is -4.55. The smallest absolute Gasteiger partial charge is 0.364 e. The van der Waals surface area contributed by atoms with Gasteiger partial charge in [-0.15, -0.1) is 0 Å². The van der Waals surface area contributed by atoms with Gasteiger partial charge in [0.1, 0.15) is 11.1 Å². The summed E-state index contributed by atoms with van der Waals surface area (Å²) in [5.41, 5.74) is 0.680. The van der Waals surface area contributed by atoms with Crippen LogP contribution in [0.1, 0.15) is 47.1 Å². The van der Waals surface area contributed by atoms with Gasteiger partial charge in [0.15, 0.2) is 0 Å². The third-order valence-corrected chi connectivity index (χ3v) is 7.42. The summed E-state index contributed by atoms with van der Waals surface area (Å²) >= 11 is 0. The van der Waals surface area contributed by atoms with E-state index in [0.717, 1.165) is 16.4 Å². The van der Waals surface area contributed by atoms with E-state index in [-0.39, 0.29) is 29.0 Å². The van der Waals surface area contributed by atoms with Crippen molar-refractivity contribution in [3.63, 3.8) is 0 Å². The van der Waals surface area contributed by atoms with E-state index >= 15 is 0 Å². The van der Waals surface area contributed by atoms with Crippen LogP contribution in [-0.4, -0.2) is 24.7 Å². The Morgan fingerprint density at radius 3 is 2.37 bits per heavy atom. The van der Waals surface area contributed by atoms with E-state index in [4.69, 9.17) is 0 Å². The number of fused-ring (bicyclic) bond motifs is 1. The van der Waals surface area contributed by atoms with Gasteiger partial charge in [0.05, 0.1) is 11.3 Å². The molecule has 3 aromatic carbocycles. The van der Waals surface area contributed by atoms with Gasteiger partial charge >= 0.3 is 6.18 Å². The maximum Gasteiger partial charge on any atom is 0.416 e. The van der Waals surface area contributed by atoms with E-state index in [0.29, 0.717) is 16.8 Å². The predicted molar refractivity (Wildman–Crippen MR) is 126 cm³/mol. The first-order valence-electron chi connectivity index (χ1n) is 10.9. The molecule has 4 rings (SSSR count). The summed E-state index contributed by atoms with van der Waals surface area (Å²) in [5, 5.41) is 5.98. The fraction of sp³-hybridized carbons (Fsp3) is 0.240. The fourth-order valence-electron chi connectivity index (χ4n) is 3.91. The Balaban J connectivity index is 1.74. The Morgan fingerprint density at radius 2 is 1.71 bits per heavy atom. The fourth-order valence-corrected chi connectivity index (χ4v) is 5.59. The van der Waals surface area contributed by atoms with Gasteiger partial charge in [-0.05, 0) is 55.3 Å². The summed E-state index contributed by atoms with van der Waals surface area (Å²) in [4.78, 5) is 12.3. The van der Waals surface area contributed by atoms with E-state index in [1.54, 1.807) is 42.5 Å². The summed E-state index contributed by atoms with van der Waals surface area (Å²) in [6.45, 7) is 3.40. The number of rotatable bonds is 5. The van der Waals surface area contributed by atoms with Crippen molar-refractivity contribution >= 4 is 21.6 Å². The zero-order valence-electron chi connectivity index (χ0n) is 19.0. The minimum Gasteiger partial charge on any atom is -0.364 e. The summed E-state index contributed by atoms with van der Waals surface area (Å²) in [6.07, 6.45) is -5.44. The monoisotopic (exact) mass is 503 g/mol. The maximum atomic E-state index is 13.6. The Hall–Kier alpha value is -3.37. The van der Waals surface area contributed by atoms with E-state index in [9.17, 15) is 26.4 Å². The molecule has 0 unspecified atom stereocenters. The molecule has 10 heteroatoms. The number of hydrogen-bond donors (Lipinski definition) is 2. The standard InChI is InChI=1S/C25H24F3N3O3S/c1-16(2)29-24(32)19-12-10-18(11-13-19)23-30-21-8-3-4-9-22(21)35(33,34)31(23)15-17-6-5-7-20(14-17)25(26,27)28/h3-14,16,23,30H,15H2,1-2H3,(H,29,32)/t23-/m0/s1. The highest BCUT2D eigenvalue weighted by molar-refractivity contribution is 7.89. The lowest BCUT2D eigenvalue weighted by Crippen LogP contribution is -2.42. The second-order valence-electron chi connectivity index (χ2n) is 8.54. The molecule has 3 aromatic rings. The Bertz CT molecular complexity index is 1340. The van der Waals surface area contributed by atoms with Gasteiger partial charge in [0, 0.05) is 18.2 Å². The van der Waals surface area contributed by atoms with Crippen molar-refractivity contribution < 1.29 is 26.4 Å². The first kappa shape index (κ1) is 24.7. The van der Waals surface area contributed by atoms with Crippen molar-refractivity contribution in [2.75, 3.05) is 5.32 Å². The number of hydrogen-bond acceptors (Lipinski definition) is 4. The molecule has 0 aromatic heterocycles. The molecule has 35 heavy (non-hydrogen) atoms. The summed E-state index contributed by atoms with van der Waals surface area (Å²) in [7, 11) is -4.06. The molecule has 1 atom stereocenters. The quantitative estimate of drug-likeness (QED) is 0.504. The zero-order valence-corrected chi connectivity index (χ0v) is 19.8. The average molecular weight is 504 g/mol. The summed E-state index contributed by atoms with van der Waals surface area (Å²) < 4.78 is 68.0. The Kier molecular flexibility index (Phi) is 6.61. The van der Waals surface area contributed by atoms with Crippen LogP contribution in [0.15, 0.2) is 77.7 Å². The molecule has 0 saturated carbocycles. The van der Waals surface area contributed by atoms with Gasteiger partial charge in [-0.2, -0.15) is 17.5 Å². The number of sulfonamides is 1. The molecule has 0 radical (unpaired) electrons. The molecule has 0 spiro atoms. The van der Waals surface area contributed by atoms with Crippen LogP contribution in [0.4, 0.5) is 18.9 Å². The third kappa shape index (κ3) is 5.18. The number of nitrogens with one attached hydrogen (secondary N) is 2. The number of carbonyl (C=O) groups is 1. The molecule has 1 amide bonds. The van der Waals surface area contributed by atoms with Crippen LogP contribution in [0.3, 0.4) is 0 Å². The van der Waals surface area contributed by atoms with Gasteiger partial charge in [0.2, 0.25) is 10.0 Å². The number of anilines is 1. The van der Waals surface area contributed by atoms with Gasteiger partial charge < -0.3 is 10.6 Å². The molecule has 0 aliphatic carbocycles. The first-order valence-corrected chi connectivity index (χ1v) is 12.3. The first-order chi connectivity index (χ1) is 16.5. The number of para-hydroxylation sites is 1. The van der Waals surface area contributed by atoms with Crippen molar-refractivity contribution in [2.45, 2.75) is 43.7 Å². The summed E-state index contributed by atoms with van der Waals surface area (Å²) in [5.74, 6) is -0.262. The van der Waals surface area contributed by atoms with Crippen LogP contribution in [0.25, 0.3) is 0 Å². The van der Waals surface area contributed by atoms with Crippen molar-refractivity contribution in [3.05, 3.63) is 95.1 Å². The highest BCUT2D eigenvalue weighted by Crippen LogP contribution is 2.39. The highest BCUT2D eigenvalue weighted by Gasteiger charge is 2.39. The van der Waals surface area contributed by atoms with Gasteiger partial charge in [-0.1, -0.05) is 42.5 Å². The molecule has 0 fully saturated rings. The SMILES string of the molecule is CC(C)NC(=O)c1ccc([C@H]2Nc3ccccc3S(=O)(=O)N2Cc2cccc(C(F)(F)F)c2)cc1. The van der Waals surface area contributed by atoms with Crippen LogP contribution in [0.5, 0.6) is 0 Å². The number of carbonyl (C=O) groups excluding carboxylic acids is 1. The van der Waals surface area contributed by atoms with Crippen LogP contribution in [0, 0.1) is 0 Å². The zero-order chi connectivity index (χ0) is 25.4. The van der Waals surface area contributed by atoms with E-state index < -0.39 is 27.9 Å². The van der Waals surface area contributed by atoms with Crippen LogP contribution < -0.4 is 10.6 Å². The Morgan fingerprint density at radius 1 is 1.03 bits per heavy atom. The van der Waals surface area contributed by atoms with E-state index in [1.165, 1.54) is 18.2 Å². The lowest BCUT2D eigenvalue weighted by Gasteiger charge is -2.37. The molecule has 184 valence electrons. The number of halogens is 3. The second kappa shape index (κ2) is 9.35. The molecule has 2 N–H and O–H groups in total. The predicted octanol–water partition coefficient (Wildman–Crippen LogP) is 5.16. The second-order valence-corrected chi connectivity index (χ2v) is 10.4. The maximum absolute atomic E-state index is 13.6. The molecule has 1 aliphatic rings. The largest absolute Gasteiger partial charge is 0.416 e. The summed E-state index contributed by atoms with van der Waals surface area (Å²) in [6, 6.07) is 17.4. The molecule has 0 saturated heterocycles. The number of alkyl halides is 3. The average Bonchev–Trinajstić information content (AvgIpc) is 2.80. The molecule has 6 nitrogen and oxygen atoms in total. The normalized spacial score (nSPS) is 17.5. The minimum absolute atomic E-state index is 0.0381. The molecular weight excluding hydrogens is 479 g/mol. The molecule has 1 heterocycles. The van der Waals surface area contributed by atoms with Crippen molar-refractivity contribution in [3.8, 4) is 0 Å². The van der Waals surface area contributed by atoms with Crippen LogP contribution in [0.2, 0.25) is 0 Å². The number of amides is 1. The van der Waals surface area contributed by atoms with Crippen molar-refractivity contribution in [2.24, 2.45) is 0 Å². The molecular formula is C25H24F3N3O3S. The number of benzene rings is 3. The van der Waals surface area contributed by atoms with E-state index in [1.807, 2.05) is 13.8 Å². The van der Waals surface area contributed by atoms with Gasteiger partial charge in [-0.3, -0.25) is 4.79 Å². The molecule has 1 aliphatic heterocycles. The van der Waals surface area contributed by atoms with Crippen LogP contribution in [-0.2, 0) is 22.7 Å². The molecule has 0 bridgehead atoms. The lowest BCUT2D eigenvalue weighted by molar-refractivity contribution is -0.137. The third-order valence-electron chi connectivity index (χ3n) is 5.56. The van der Waals surface area contributed by atoms with Gasteiger partial charge in [-0.25, -0.2) is 8.42 Å². The van der Waals surface area contributed by atoms with Gasteiger partial charge in [0.25, 0.3) is 5.91 Å². The van der Waals surface area contributed by atoms with E-state index in [2.05, 4.69) is 10.6 Å². The lowest BCUT2D eigenvalue weighted by atomic mass is 10.1. The van der Waals surface area contributed by atoms with Crippen LogP contribution >= 0.6 is 0 Å². The number of nitrogens with zero attached hydrogens (tertiary/aromatic N) is 1.